The first kappa shape index (κ1) is 11.3. The van der Waals surface area contributed by atoms with E-state index in [9.17, 15) is 4.79 Å². The van der Waals surface area contributed by atoms with E-state index < -0.39 is 0 Å². The zero-order chi connectivity index (χ0) is 12.1. The molecule has 0 radical (unpaired) electrons. The van der Waals surface area contributed by atoms with Gasteiger partial charge in [-0.1, -0.05) is 6.07 Å². The molecule has 0 aliphatic heterocycles. The van der Waals surface area contributed by atoms with Crippen LogP contribution in [0.3, 0.4) is 0 Å². The third kappa shape index (κ3) is 3.15. The number of aromatic hydroxyl groups is 1. The zero-order valence-electron chi connectivity index (χ0n) is 8.83. The number of phenols is 1. The van der Waals surface area contributed by atoms with Gasteiger partial charge in [0.05, 0.1) is 6.21 Å². The van der Waals surface area contributed by atoms with Gasteiger partial charge in [0.15, 0.2) is 0 Å². The van der Waals surface area contributed by atoms with Crippen molar-refractivity contribution in [1.82, 2.24) is 5.43 Å². The fraction of sp³-hybridized carbons (Fsp3) is 0. The van der Waals surface area contributed by atoms with Crippen LogP contribution >= 0.6 is 11.3 Å². The second-order valence-electron chi connectivity index (χ2n) is 3.26. The Morgan fingerprint density at radius 2 is 2.06 bits per heavy atom. The monoisotopic (exact) mass is 246 g/mol. The van der Waals surface area contributed by atoms with Gasteiger partial charge in [-0.2, -0.15) is 5.10 Å². The summed E-state index contributed by atoms with van der Waals surface area (Å²) in [6, 6.07) is 9.79. The lowest BCUT2D eigenvalue weighted by Gasteiger charge is -1.99. The molecular formula is C12H10N2O2S. The van der Waals surface area contributed by atoms with Gasteiger partial charge in [0, 0.05) is 10.4 Å². The maximum Gasteiger partial charge on any atom is 0.271 e. The standard InChI is InChI=1S/C12H10N2O2S/c15-10-5-3-9(4-6-10)12(16)14-13-8-11-2-1-7-17-11/h1-8,15H,(H,14,16)/b13-8-. The normalized spacial score (nSPS) is 10.6. The Balaban J connectivity index is 1.96. The van der Waals surface area contributed by atoms with Crippen LogP contribution in [0.2, 0.25) is 0 Å². The van der Waals surface area contributed by atoms with E-state index in [0.717, 1.165) is 4.88 Å². The molecule has 0 unspecified atom stereocenters. The summed E-state index contributed by atoms with van der Waals surface area (Å²) < 4.78 is 0. The minimum absolute atomic E-state index is 0.128. The van der Waals surface area contributed by atoms with Crippen LogP contribution in [0.1, 0.15) is 15.2 Å². The fourth-order valence-corrected chi connectivity index (χ4v) is 1.78. The van der Waals surface area contributed by atoms with Gasteiger partial charge in [-0.3, -0.25) is 4.79 Å². The molecule has 2 N–H and O–H groups in total. The molecule has 0 aliphatic rings. The molecule has 2 aromatic rings. The molecule has 0 saturated carbocycles. The van der Waals surface area contributed by atoms with Gasteiger partial charge in [-0.25, -0.2) is 5.43 Å². The van der Waals surface area contributed by atoms with Crippen LogP contribution in [-0.4, -0.2) is 17.2 Å². The number of thiophene rings is 1. The molecule has 0 fully saturated rings. The molecule has 0 bridgehead atoms. The predicted molar refractivity (Wildman–Crippen MR) is 67.5 cm³/mol. The number of nitrogens with one attached hydrogen (secondary N) is 1. The molecule has 0 aliphatic carbocycles. The smallest absolute Gasteiger partial charge is 0.271 e. The predicted octanol–water partition coefficient (Wildman–Crippen LogP) is 2.22. The summed E-state index contributed by atoms with van der Waals surface area (Å²) in [4.78, 5) is 12.5. The second-order valence-corrected chi connectivity index (χ2v) is 4.24. The molecule has 4 nitrogen and oxygen atoms in total. The van der Waals surface area contributed by atoms with Crippen molar-refractivity contribution in [2.45, 2.75) is 0 Å². The number of carbonyl (C=O) groups excluding carboxylic acids is 1. The quantitative estimate of drug-likeness (QED) is 0.644. The van der Waals surface area contributed by atoms with Crippen molar-refractivity contribution in [3.05, 3.63) is 52.2 Å². The number of benzene rings is 1. The molecule has 0 saturated heterocycles. The van der Waals surface area contributed by atoms with Gasteiger partial charge in [-0.05, 0) is 35.7 Å². The molecule has 1 aromatic heterocycles. The first-order valence-electron chi connectivity index (χ1n) is 4.91. The Bertz CT molecular complexity index is 518. The highest BCUT2D eigenvalue weighted by Crippen LogP contribution is 2.09. The van der Waals surface area contributed by atoms with Crippen LogP contribution in [-0.2, 0) is 0 Å². The molecule has 0 atom stereocenters. The maximum absolute atomic E-state index is 11.6. The van der Waals surface area contributed by atoms with E-state index in [1.807, 2.05) is 17.5 Å². The zero-order valence-corrected chi connectivity index (χ0v) is 9.65. The number of phenolic OH excluding ortho intramolecular Hbond substituents is 1. The van der Waals surface area contributed by atoms with Crippen molar-refractivity contribution in [3.63, 3.8) is 0 Å². The van der Waals surface area contributed by atoms with E-state index >= 15 is 0 Å². The average molecular weight is 246 g/mol. The molecular weight excluding hydrogens is 236 g/mol. The van der Waals surface area contributed by atoms with Crippen molar-refractivity contribution >= 4 is 23.5 Å². The van der Waals surface area contributed by atoms with Gasteiger partial charge < -0.3 is 5.11 Å². The Morgan fingerprint density at radius 1 is 1.29 bits per heavy atom. The highest BCUT2D eigenvalue weighted by molar-refractivity contribution is 7.11. The molecule has 1 amide bonds. The van der Waals surface area contributed by atoms with E-state index in [1.54, 1.807) is 6.21 Å². The van der Waals surface area contributed by atoms with Gasteiger partial charge >= 0.3 is 0 Å². The van der Waals surface area contributed by atoms with E-state index in [0.29, 0.717) is 5.56 Å². The van der Waals surface area contributed by atoms with Gasteiger partial charge in [-0.15, -0.1) is 11.3 Å². The Labute approximate surface area is 102 Å². The lowest BCUT2D eigenvalue weighted by atomic mass is 10.2. The number of amides is 1. The highest BCUT2D eigenvalue weighted by atomic mass is 32.1. The van der Waals surface area contributed by atoms with Crippen LogP contribution < -0.4 is 5.43 Å². The van der Waals surface area contributed by atoms with Crippen molar-refractivity contribution in [2.75, 3.05) is 0 Å². The van der Waals surface area contributed by atoms with E-state index in [1.165, 1.54) is 35.6 Å². The van der Waals surface area contributed by atoms with E-state index in [2.05, 4.69) is 10.5 Å². The Kier molecular flexibility index (Phi) is 3.52. The van der Waals surface area contributed by atoms with Crippen molar-refractivity contribution in [3.8, 4) is 5.75 Å². The number of hydrogen-bond acceptors (Lipinski definition) is 4. The van der Waals surface area contributed by atoms with Gasteiger partial charge in [0.1, 0.15) is 5.75 Å². The van der Waals surface area contributed by atoms with Gasteiger partial charge in [0.25, 0.3) is 5.91 Å². The van der Waals surface area contributed by atoms with E-state index in [-0.39, 0.29) is 11.7 Å². The molecule has 17 heavy (non-hydrogen) atoms. The summed E-state index contributed by atoms with van der Waals surface area (Å²) in [5.41, 5.74) is 2.86. The summed E-state index contributed by atoms with van der Waals surface area (Å²) >= 11 is 1.54. The molecule has 5 heteroatoms. The first-order valence-corrected chi connectivity index (χ1v) is 5.79. The number of carbonyl (C=O) groups is 1. The first-order chi connectivity index (χ1) is 8.25. The third-order valence-electron chi connectivity index (χ3n) is 2.03. The average Bonchev–Trinajstić information content (AvgIpc) is 2.83. The van der Waals surface area contributed by atoms with Gasteiger partial charge in [0.2, 0.25) is 0 Å². The van der Waals surface area contributed by atoms with Crippen LogP contribution in [0.4, 0.5) is 0 Å². The topological polar surface area (TPSA) is 61.7 Å². The van der Waals surface area contributed by atoms with Crippen LogP contribution in [0.15, 0.2) is 46.9 Å². The summed E-state index contributed by atoms with van der Waals surface area (Å²) in [6.07, 6.45) is 1.59. The third-order valence-corrected chi connectivity index (χ3v) is 2.84. The molecule has 86 valence electrons. The van der Waals surface area contributed by atoms with Crippen LogP contribution in [0.25, 0.3) is 0 Å². The van der Waals surface area contributed by atoms with E-state index in [4.69, 9.17) is 5.11 Å². The number of rotatable bonds is 3. The lowest BCUT2D eigenvalue weighted by Crippen LogP contribution is -2.17. The Morgan fingerprint density at radius 3 is 2.71 bits per heavy atom. The maximum atomic E-state index is 11.6. The lowest BCUT2D eigenvalue weighted by molar-refractivity contribution is 0.0955. The minimum Gasteiger partial charge on any atom is -0.508 e. The minimum atomic E-state index is -0.308. The number of hydrogen-bond donors (Lipinski definition) is 2. The van der Waals surface area contributed by atoms with Crippen LogP contribution in [0.5, 0.6) is 5.75 Å². The molecule has 1 heterocycles. The molecule has 1 aromatic carbocycles. The highest BCUT2D eigenvalue weighted by Gasteiger charge is 2.02. The van der Waals surface area contributed by atoms with Crippen molar-refractivity contribution in [1.29, 1.82) is 0 Å². The fourth-order valence-electron chi connectivity index (χ4n) is 1.20. The number of hydrazone groups is 1. The summed E-state index contributed by atoms with van der Waals surface area (Å²) in [7, 11) is 0. The van der Waals surface area contributed by atoms with Crippen molar-refractivity contribution in [2.24, 2.45) is 5.10 Å². The molecule has 0 spiro atoms. The summed E-state index contributed by atoms with van der Waals surface area (Å²) in [6.45, 7) is 0. The SMILES string of the molecule is O=C(N/N=C\c1cccs1)c1ccc(O)cc1. The summed E-state index contributed by atoms with van der Waals surface area (Å²) in [5.74, 6) is -0.179. The largest absolute Gasteiger partial charge is 0.508 e. The molecule has 2 rings (SSSR count). The van der Waals surface area contributed by atoms with Crippen LogP contribution in [0, 0.1) is 0 Å². The summed E-state index contributed by atoms with van der Waals surface area (Å²) in [5, 5.41) is 14.8. The van der Waals surface area contributed by atoms with Crippen molar-refractivity contribution < 1.29 is 9.90 Å². The number of nitrogens with zero attached hydrogens (tertiary/aromatic N) is 1. The second kappa shape index (κ2) is 5.27. The Hall–Kier alpha value is -2.14.